The third-order valence-electron chi connectivity index (χ3n) is 9.03. The summed E-state index contributed by atoms with van der Waals surface area (Å²) < 4.78 is 8.79. The van der Waals surface area contributed by atoms with Crippen LogP contribution in [0.4, 0.5) is 5.69 Å². The number of aromatic nitrogens is 3. The quantitative estimate of drug-likeness (QED) is 0.191. The molecule has 1 N–H and O–H groups in total. The van der Waals surface area contributed by atoms with E-state index in [0.29, 0.717) is 12.4 Å². The van der Waals surface area contributed by atoms with Gasteiger partial charge in [0.05, 0.1) is 27.9 Å². The number of amides is 4. The van der Waals surface area contributed by atoms with Crippen molar-refractivity contribution in [2.75, 3.05) is 44.2 Å². The van der Waals surface area contributed by atoms with Crippen molar-refractivity contribution in [2.24, 2.45) is 0 Å². The standard InChI is InChI=1S/C35H34BrN7O5/c36-27-22-42(39-32(27)23-12-14-37-15-13-23)25-8-6-24(7-9-25)41-19-17-40(18-20-41)16-1-2-21-48-29-5-3-4-26-31(29)35(47)43(34(26)46)28-10-11-30(44)38-33(28)45/h3-9,12-15,22,28H,1-2,10-11,16-21H2,(H,38,44,45)/t28-/m0/s1. The van der Waals surface area contributed by atoms with Crippen LogP contribution < -0.4 is 15.0 Å². The fourth-order valence-corrected chi connectivity index (χ4v) is 6.96. The number of nitrogens with zero attached hydrogens (tertiary/aromatic N) is 6. The van der Waals surface area contributed by atoms with Gasteiger partial charge in [0.15, 0.2) is 0 Å². The summed E-state index contributed by atoms with van der Waals surface area (Å²) in [7, 11) is 0. The first kappa shape index (κ1) is 31.7. The molecule has 246 valence electrons. The number of carbonyl (C=O) groups is 4. The molecule has 0 radical (unpaired) electrons. The highest BCUT2D eigenvalue weighted by molar-refractivity contribution is 9.10. The van der Waals surface area contributed by atoms with Crippen LogP contribution in [0.2, 0.25) is 0 Å². The first-order valence-corrected chi connectivity index (χ1v) is 16.9. The Morgan fingerprint density at radius 3 is 2.38 bits per heavy atom. The Labute approximate surface area is 285 Å². The van der Waals surface area contributed by atoms with Crippen molar-refractivity contribution in [2.45, 2.75) is 31.7 Å². The minimum atomic E-state index is -1.00. The molecule has 4 aromatic rings. The number of nitrogens with one attached hydrogen (secondary N) is 1. The zero-order valence-electron chi connectivity index (χ0n) is 26.2. The third-order valence-corrected chi connectivity index (χ3v) is 9.61. The predicted molar refractivity (Wildman–Crippen MR) is 181 cm³/mol. The minimum Gasteiger partial charge on any atom is -0.493 e. The first-order valence-electron chi connectivity index (χ1n) is 16.1. The van der Waals surface area contributed by atoms with E-state index in [-0.39, 0.29) is 24.0 Å². The SMILES string of the molecule is O=C1CC[C@H](N2C(=O)c3cccc(OCCCCN4CCN(c5ccc(-n6cc(Br)c(-c7ccncc7)n6)cc5)CC4)c3C2=O)C(=O)N1. The molecule has 48 heavy (non-hydrogen) atoms. The molecule has 2 aromatic heterocycles. The monoisotopic (exact) mass is 711 g/mol. The maximum Gasteiger partial charge on any atom is 0.266 e. The van der Waals surface area contributed by atoms with E-state index in [9.17, 15) is 19.2 Å². The summed E-state index contributed by atoms with van der Waals surface area (Å²) in [5.41, 5.74) is 4.46. The molecular weight excluding hydrogens is 678 g/mol. The predicted octanol–water partition coefficient (Wildman–Crippen LogP) is 4.08. The van der Waals surface area contributed by atoms with Gasteiger partial charge in [-0.25, -0.2) is 4.68 Å². The van der Waals surface area contributed by atoms with Gasteiger partial charge in [-0.1, -0.05) is 6.07 Å². The van der Waals surface area contributed by atoms with Gasteiger partial charge < -0.3 is 9.64 Å². The van der Waals surface area contributed by atoms with E-state index < -0.39 is 29.7 Å². The van der Waals surface area contributed by atoms with Crippen LogP contribution in [-0.2, 0) is 9.59 Å². The molecule has 4 amide bonds. The molecule has 0 saturated carbocycles. The van der Waals surface area contributed by atoms with Crippen LogP contribution in [-0.4, -0.2) is 93.6 Å². The lowest BCUT2D eigenvalue weighted by molar-refractivity contribution is -0.136. The van der Waals surface area contributed by atoms with Crippen molar-refractivity contribution in [1.29, 1.82) is 0 Å². The second kappa shape index (κ2) is 13.7. The molecule has 13 heteroatoms. The largest absolute Gasteiger partial charge is 0.493 e. The number of fused-ring (bicyclic) bond motifs is 1. The molecule has 3 aliphatic heterocycles. The van der Waals surface area contributed by atoms with Crippen LogP contribution in [0.1, 0.15) is 46.4 Å². The van der Waals surface area contributed by atoms with Gasteiger partial charge in [0.25, 0.3) is 11.8 Å². The van der Waals surface area contributed by atoms with Gasteiger partial charge in [0, 0.05) is 62.4 Å². The van der Waals surface area contributed by atoms with Crippen LogP contribution in [0.5, 0.6) is 5.75 Å². The van der Waals surface area contributed by atoms with E-state index in [4.69, 9.17) is 9.84 Å². The van der Waals surface area contributed by atoms with Gasteiger partial charge in [-0.3, -0.25) is 39.3 Å². The van der Waals surface area contributed by atoms with Crippen LogP contribution >= 0.6 is 15.9 Å². The maximum atomic E-state index is 13.3. The maximum absolute atomic E-state index is 13.3. The lowest BCUT2D eigenvalue weighted by atomic mass is 10.0. The Morgan fingerprint density at radius 1 is 0.875 bits per heavy atom. The summed E-state index contributed by atoms with van der Waals surface area (Å²) in [6.07, 6.45) is 7.41. The van der Waals surface area contributed by atoms with Gasteiger partial charge in [-0.15, -0.1) is 0 Å². The second-order valence-electron chi connectivity index (χ2n) is 12.0. The van der Waals surface area contributed by atoms with E-state index in [1.165, 1.54) is 5.69 Å². The Balaban J connectivity index is 0.866. The van der Waals surface area contributed by atoms with Crippen LogP contribution in [0.15, 0.2) is 77.7 Å². The number of hydrogen-bond donors (Lipinski definition) is 1. The minimum absolute atomic E-state index is 0.0791. The van der Waals surface area contributed by atoms with Crippen molar-refractivity contribution < 1.29 is 23.9 Å². The zero-order chi connectivity index (χ0) is 33.2. The number of anilines is 1. The molecule has 2 fully saturated rings. The Kier molecular flexibility index (Phi) is 9.04. The number of unbranched alkanes of at least 4 members (excludes halogenated alkanes) is 1. The number of piperazine rings is 1. The second-order valence-corrected chi connectivity index (χ2v) is 12.9. The molecule has 0 spiro atoms. The van der Waals surface area contributed by atoms with Gasteiger partial charge in [0.2, 0.25) is 11.8 Å². The lowest BCUT2D eigenvalue weighted by Gasteiger charge is -2.36. The van der Waals surface area contributed by atoms with Gasteiger partial charge in [-0.05, 0) is 90.3 Å². The molecule has 2 aromatic carbocycles. The van der Waals surface area contributed by atoms with Crippen LogP contribution in [0.3, 0.4) is 0 Å². The molecule has 12 nitrogen and oxygen atoms in total. The van der Waals surface area contributed by atoms with Gasteiger partial charge in [0.1, 0.15) is 17.5 Å². The highest BCUT2D eigenvalue weighted by Crippen LogP contribution is 2.34. The average molecular weight is 713 g/mol. The zero-order valence-corrected chi connectivity index (χ0v) is 27.8. The highest BCUT2D eigenvalue weighted by atomic mass is 79.9. The topological polar surface area (TPSA) is 130 Å². The summed E-state index contributed by atoms with van der Waals surface area (Å²) in [6.45, 7) is 5.14. The van der Waals surface area contributed by atoms with Crippen molar-refractivity contribution in [3.8, 4) is 22.7 Å². The number of ether oxygens (including phenoxy) is 1. The van der Waals surface area contributed by atoms with E-state index in [2.05, 4.69) is 60.3 Å². The molecule has 0 unspecified atom stereocenters. The number of piperidine rings is 1. The average Bonchev–Trinajstić information content (AvgIpc) is 3.62. The molecule has 0 aliphatic carbocycles. The van der Waals surface area contributed by atoms with E-state index in [0.717, 1.165) is 71.9 Å². The summed E-state index contributed by atoms with van der Waals surface area (Å²) in [6, 6.07) is 16.3. The highest BCUT2D eigenvalue weighted by Gasteiger charge is 2.46. The Hall–Kier alpha value is -4.88. The number of rotatable bonds is 10. The number of pyridine rings is 1. The van der Waals surface area contributed by atoms with E-state index in [1.54, 1.807) is 30.6 Å². The Bertz CT molecular complexity index is 1850. The summed E-state index contributed by atoms with van der Waals surface area (Å²) in [5, 5.41) is 6.99. The van der Waals surface area contributed by atoms with E-state index >= 15 is 0 Å². The van der Waals surface area contributed by atoms with Crippen molar-refractivity contribution >= 4 is 45.2 Å². The van der Waals surface area contributed by atoms with E-state index in [1.807, 2.05) is 23.0 Å². The summed E-state index contributed by atoms with van der Waals surface area (Å²) in [4.78, 5) is 60.1. The lowest BCUT2D eigenvalue weighted by Crippen LogP contribution is -2.54. The summed E-state index contributed by atoms with van der Waals surface area (Å²) in [5.74, 6) is -1.78. The van der Waals surface area contributed by atoms with Crippen LogP contribution in [0, 0.1) is 0 Å². The fourth-order valence-electron chi connectivity index (χ4n) is 6.46. The number of halogens is 1. The molecule has 2 saturated heterocycles. The molecule has 7 rings (SSSR count). The normalized spacial score (nSPS) is 18.3. The molecule has 5 heterocycles. The van der Waals surface area contributed by atoms with Crippen molar-refractivity contribution in [3.63, 3.8) is 0 Å². The van der Waals surface area contributed by atoms with Crippen LogP contribution in [0.25, 0.3) is 16.9 Å². The van der Waals surface area contributed by atoms with Crippen molar-refractivity contribution in [1.82, 2.24) is 29.9 Å². The molecular formula is C35H34BrN7O5. The molecule has 3 aliphatic rings. The summed E-state index contributed by atoms with van der Waals surface area (Å²) >= 11 is 3.64. The van der Waals surface area contributed by atoms with Gasteiger partial charge >= 0.3 is 0 Å². The third kappa shape index (κ3) is 6.35. The molecule has 1 atom stereocenters. The fraction of sp³-hybridized carbons (Fsp3) is 0.314. The molecule has 0 bridgehead atoms. The van der Waals surface area contributed by atoms with Gasteiger partial charge in [-0.2, -0.15) is 5.10 Å². The number of carbonyl (C=O) groups excluding carboxylic acids is 4. The smallest absolute Gasteiger partial charge is 0.266 e. The number of imide groups is 2. The Morgan fingerprint density at radius 2 is 1.62 bits per heavy atom. The number of benzene rings is 2. The van der Waals surface area contributed by atoms with Crippen molar-refractivity contribution in [3.05, 3.63) is 88.8 Å². The number of hydrogen-bond acceptors (Lipinski definition) is 9. The first-order chi connectivity index (χ1) is 23.4.